The van der Waals surface area contributed by atoms with Crippen molar-refractivity contribution in [1.82, 2.24) is 19.6 Å². The molecule has 0 fully saturated rings. The summed E-state index contributed by atoms with van der Waals surface area (Å²) in [7, 11) is 0. The van der Waals surface area contributed by atoms with Crippen LogP contribution in [0.25, 0.3) is 28.2 Å². The summed E-state index contributed by atoms with van der Waals surface area (Å²) in [6.45, 7) is 1.22. The van der Waals surface area contributed by atoms with Crippen molar-refractivity contribution in [2.24, 2.45) is 5.73 Å². The Morgan fingerprint density at radius 3 is 2.44 bits per heavy atom. The molecule has 10 heteroatoms. The fourth-order valence-electron chi connectivity index (χ4n) is 3.22. The molecule has 0 amide bonds. The minimum Gasteiger partial charge on any atom is -0.494 e. The molecule has 0 atom stereocenters. The van der Waals surface area contributed by atoms with Gasteiger partial charge in [0.15, 0.2) is 5.65 Å². The Balaban J connectivity index is 1.64. The van der Waals surface area contributed by atoms with E-state index in [2.05, 4.69) is 15.1 Å². The first-order valence-electron chi connectivity index (χ1n) is 9.98. The number of nitrogen functional groups attached to an aromatic ring is 1. The summed E-state index contributed by atoms with van der Waals surface area (Å²) < 4.78 is 46.9. The molecule has 0 unspecified atom stereocenters. The molecule has 0 spiro atoms. The van der Waals surface area contributed by atoms with Crippen molar-refractivity contribution >= 4 is 11.5 Å². The highest BCUT2D eigenvalue weighted by atomic mass is 19.4. The van der Waals surface area contributed by atoms with Gasteiger partial charge >= 0.3 is 6.18 Å². The first kappa shape index (κ1) is 21.6. The number of fused-ring (bicyclic) bond motifs is 1. The Kier molecular flexibility index (Phi) is 5.95. The number of hydrogen-bond acceptors (Lipinski definition) is 6. The molecule has 4 rings (SSSR count). The van der Waals surface area contributed by atoms with Gasteiger partial charge in [0, 0.05) is 17.3 Å². The molecule has 166 valence electrons. The van der Waals surface area contributed by atoms with Gasteiger partial charge in [0.2, 0.25) is 0 Å². The Morgan fingerprint density at radius 1 is 0.938 bits per heavy atom. The Morgan fingerprint density at radius 2 is 1.72 bits per heavy atom. The fraction of sp³-hybridized carbons (Fsp3) is 0.227. The third-order valence-electron chi connectivity index (χ3n) is 4.90. The molecule has 3 heterocycles. The number of ether oxygens (including phenoxy) is 1. The average Bonchev–Trinajstić information content (AvgIpc) is 3.20. The van der Waals surface area contributed by atoms with Crippen molar-refractivity contribution in [2.75, 3.05) is 18.9 Å². The SMILES string of the molecule is NCCCCOc1ccc(-c2cnc3ccc(-c4cnc(N)c(C(F)(F)F)c4)nn23)cc1. The number of imidazole rings is 1. The molecule has 3 aromatic heterocycles. The molecular formula is C22H21F3N6O. The quantitative estimate of drug-likeness (QED) is 0.416. The van der Waals surface area contributed by atoms with Gasteiger partial charge in [-0.2, -0.15) is 18.3 Å². The zero-order valence-corrected chi connectivity index (χ0v) is 17.0. The van der Waals surface area contributed by atoms with Crippen LogP contribution in [0.2, 0.25) is 0 Å². The summed E-state index contributed by atoms with van der Waals surface area (Å²) in [6, 6.07) is 11.7. The monoisotopic (exact) mass is 442 g/mol. The van der Waals surface area contributed by atoms with Gasteiger partial charge in [-0.1, -0.05) is 0 Å². The number of anilines is 1. The van der Waals surface area contributed by atoms with E-state index in [9.17, 15) is 13.2 Å². The maximum atomic E-state index is 13.2. The normalized spacial score (nSPS) is 11.8. The standard InChI is InChI=1S/C22H21F3N6O/c23-22(24,25)17-11-15(12-29-21(17)27)18-7-8-20-28-13-19(31(20)30-18)14-3-5-16(6-4-14)32-10-2-1-9-26/h3-8,11-13H,1-2,9-10,26H2,(H2,27,29). The average molecular weight is 442 g/mol. The van der Waals surface area contributed by atoms with Crippen LogP contribution in [0, 0.1) is 0 Å². The van der Waals surface area contributed by atoms with Crippen molar-refractivity contribution in [3.05, 3.63) is 60.4 Å². The largest absolute Gasteiger partial charge is 0.494 e. The van der Waals surface area contributed by atoms with Gasteiger partial charge in [-0.3, -0.25) is 0 Å². The summed E-state index contributed by atoms with van der Waals surface area (Å²) >= 11 is 0. The molecule has 0 saturated carbocycles. The van der Waals surface area contributed by atoms with Crippen LogP contribution in [-0.4, -0.2) is 32.7 Å². The van der Waals surface area contributed by atoms with E-state index in [0.29, 0.717) is 30.2 Å². The topological polar surface area (TPSA) is 104 Å². The third-order valence-corrected chi connectivity index (χ3v) is 4.90. The minimum atomic E-state index is -4.61. The lowest BCUT2D eigenvalue weighted by Crippen LogP contribution is -2.10. The lowest BCUT2D eigenvalue weighted by atomic mass is 10.1. The second-order valence-electron chi connectivity index (χ2n) is 7.16. The summed E-state index contributed by atoms with van der Waals surface area (Å²) in [5, 5.41) is 4.49. The number of unbranched alkanes of at least 4 members (excludes halogenated alkanes) is 1. The van der Waals surface area contributed by atoms with E-state index in [0.717, 1.165) is 30.2 Å². The highest BCUT2D eigenvalue weighted by Crippen LogP contribution is 2.35. The summed E-state index contributed by atoms with van der Waals surface area (Å²) in [4.78, 5) is 8.02. The Hall–Kier alpha value is -3.66. The molecule has 0 aliphatic rings. The number of nitrogens with zero attached hydrogens (tertiary/aromatic N) is 4. The third kappa shape index (κ3) is 4.50. The fourth-order valence-corrected chi connectivity index (χ4v) is 3.22. The summed E-state index contributed by atoms with van der Waals surface area (Å²) in [5.41, 5.74) is 12.5. The summed E-state index contributed by atoms with van der Waals surface area (Å²) in [6.07, 6.45) is 0.110. The van der Waals surface area contributed by atoms with E-state index in [1.54, 1.807) is 22.8 Å². The number of aromatic nitrogens is 4. The van der Waals surface area contributed by atoms with Crippen molar-refractivity contribution in [3.8, 4) is 28.3 Å². The molecule has 4 aromatic rings. The zero-order valence-electron chi connectivity index (χ0n) is 17.0. The minimum absolute atomic E-state index is 0.203. The molecule has 1 aromatic carbocycles. The van der Waals surface area contributed by atoms with Gasteiger partial charge in [-0.05, 0) is 61.9 Å². The number of hydrogen-bond donors (Lipinski definition) is 2. The first-order chi connectivity index (χ1) is 15.4. The van der Waals surface area contributed by atoms with Crippen LogP contribution in [-0.2, 0) is 6.18 Å². The maximum Gasteiger partial charge on any atom is 0.419 e. The number of pyridine rings is 1. The molecule has 32 heavy (non-hydrogen) atoms. The zero-order chi connectivity index (χ0) is 22.7. The molecule has 0 aliphatic carbocycles. The van der Waals surface area contributed by atoms with Gasteiger partial charge < -0.3 is 16.2 Å². The van der Waals surface area contributed by atoms with Crippen molar-refractivity contribution in [2.45, 2.75) is 19.0 Å². The van der Waals surface area contributed by atoms with Crippen LogP contribution in [0.1, 0.15) is 18.4 Å². The van der Waals surface area contributed by atoms with E-state index in [4.69, 9.17) is 16.2 Å². The predicted molar refractivity (Wildman–Crippen MR) is 115 cm³/mol. The smallest absolute Gasteiger partial charge is 0.419 e. The molecule has 0 bridgehead atoms. The maximum absolute atomic E-state index is 13.2. The van der Waals surface area contributed by atoms with Crippen molar-refractivity contribution < 1.29 is 17.9 Å². The van der Waals surface area contributed by atoms with Crippen molar-refractivity contribution in [1.29, 1.82) is 0 Å². The van der Waals surface area contributed by atoms with E-state index in [-0.39, 0.29) is 5.56 Å². The second kappa shape index (κ2) is 8.83. The lowest BCUT2D eigenvalue weighted by Gasteiger charge is -2.11. The predicted octanol–water partition coefficient (Wildman–Crippen LogP) is 4.18. The number of halogens is 3. The van der Waals surface area contributed by atoms with E-state index in [1.165, 1.54) is 6.20 Å². The van der Waals surface area contributed by atoms with E-state index < -0.39 is 17.6 Å². The molecule has 0 saturated heterocycles. The van der Waals surface area contributed by atoms with Gasteiger partial charge in [-0.25, -0.2) is 14.5 Å². The number of benzene rings is 1. The van der Waals surface area contributed by atoms with Gasteiger partial charge in [-0.15, -0.1) is 0 Å². The molecular weight excluding hydrogens is 421 g/mol. The lowest BCUT2D eigenvalue weighted by molar-refractivity contribution is -0.137. The molecule has 0 aliphatic heterocycles. The van der Waals surface area contributed by atoms with Crippen LogP contribution in [0.15, 0.2) is 54.9 Å². The second-order valence-corrected chi connectivity index (χ2v) is 7.16. The van der Waals surface area contributed by atoms with Crippen LogP contribution in [0.5, 0.6) is 5.75 Å². The Labute approximate surface area is 181 Å². The Bertz CT molecular complexity index is 1220. The number of alkyl halides is 3. The van der Waals surface area contributed by atoms with Crippen molar-refractivity contribution in [3.63, 3.8) is 0 Å². The highest BCUT2D eigenvalue weighted by Gasteiger charge is 2.34. The first-order valence-corrected chi connectivity index (χ1v) is 9.98. The summed E-state index contributed by atoms with van der Waals surface area (Å²) in [5.74, 6) is 0.164. The molecule has 7 nitrogen and oxygen atoms in total. The number of nitrogens with two attached hydrogens (primary N) is 2. The molecule has 0 radical (unpaired) electrons. The van der Waals surface area contributed by atoms with Gasteiger partial charge in [0.25, 0.3) is 0 Å². The van der Waals surface area contributed by atoms with Crippen LogP contribution in [0.3, 0.4) is 0 Å². The van der Waals surface area contributed by atoms with E-state index in [1.807, 2.05) is 24.3 Å². The van der Waals surface area contributed by atoms with E-state index >= 15 is 0 Å². The van der Waals surface area contributed by atoms with Gasteiger partial charge in [0.1, 0.15) is 11.6 Å². The molecule has 4 N–H and O–H groups in total. The number of rotatable bonds is 7. The van der Waals surface area contributed by atoms with Crippen LogP contribution in [0.4, 0.5) is 19.0 Å². The van der Waals surface area contributed by atoms with Gasteiger partial charge in [0.05, 0.1) is 29.8 Å². The highest BCUT2D eigenvalue weighted by molar-refractivity contribution is 5.67. The van der Waals surface area contributed by atoms with Crippen LogP contribution >= 0.6 is 0 Å². The van der Waals surface area contributed by atoms with Crippen LogP contribution < -0.4 is 16.2 Å².